The molecule has 1 aliphatic carbocycles. The zero-order valence-corrected chi connectivity index (χ0v) is 12.2. The Morgan fingerprint density at radius 2 is 1.90 bits per heavy atom. The number of pyridine rings is 2. The second-order valence-electron chi connectivity index (χ2n) is 5.02. The third-order valence-electron chi connectivity index (χ3n) is 3.43. The van der Waals surface area contributed by atoms with Gasteiger partial charge in [0, 0.05) is 31.2 Å². The number of nitrogens with two attached hydrogens (primary N) is 1. The number of anilines is 1. The molecular formula is C14H16N4O2S. The van der Waals surface area contributed by atoms with E-state index in [9.17, 15) is 8.42 Å². The lowest BCUT2D eigenvalue weighted by atomic mass is 10.3. The number of rotatable bonds is 5. The third kappa shape index (κ3) is 2.88. The van der Waals surface area contributed by atoms with Crippen molar-refractivity contribution in [3.63, 3.8) is 0 Å². The molecule has 2 N–H and O–H groups in total. The minimum absolute atomic E-state index is 0.0397. The molecule has 110 valence electrons. The molecule has 7 heteroatoms. The number of hydrogen-bond acceptors (Lipinski definition) is 5. The molecule has 21 heavy (non-hydrogen) atoms. The smallest absolute Gasteiger partial charge is 0.247 e. The minimum atomic E-state index is -3.64. The van der Waals surface area contributed by atoms with E-state index in [1.807, 2.05) is 12.1 Å². The molecule has 1 saturated carbocycles. The molecule has 0 amide bonds. The van der Waals surface area contributed by atoms with Crippen molar-refractivity contribution >= 4 is 15.8 Å². The maximum Gasteiger partial charge on any atom is 0.247 e. The quantitative estimate of drug-likeness (QED) is 0.902. The SMILES string of the molecule is Nc1ncccc1S(=O)(=O)N(Cc1ccncc1)C1CC1. The fourth-order valence-electron chi connectivity index (χ4n) is 2.19. The Morgan fingerprint density at radius 1 is 1.19 bits per heavy atom. The zero-order chi connectivity index (χ0) is 14.9. The fourth-order valence-corrected chi connectivity index (χ4v) is 3.93. The van der Waals surface area contributed by atoms with Gasteiger partial charge >= 0.3 is 0 Å². The van der Waals surface area contributed by atoms with E-state index in [0.29, 0.717) is 6.54 Å². The van der Waals surface area contributed by atoms with Crippen molar-refractivity contribution in [2.24, 2.45) is 0 Å². The van der Waals surface area contributed by atoms with Crippen molar-refractivity contribution in [2.75, 3.05) is 5.73 Å². The van der Waals surface area contributed by atoms with Gasteiger partial charge in [-0.1, -0.05) is 0 Å². The lowest BCUT2D eigenvalue weighted by molar-refractivity contribution is 0.398. The molecule has 0 unspecified atom stereocenters. The Balaban J connectivity index is 1.96. The van der Waals surface area contributed by atoms with Gasteiger partial charge in [0.15, 0.2) is 0 Å². The van der Waals surface area contributed by atoms with E-state index in [4.69, 9.17) is 5.73 Å². The van der Waals surface area contributed by atoms with Gasteiger partial charge in [0.2, 0.25) is 10.0 Å². The van der Waals surface area contributed by atoms with Crippen molar-refractivity contribution in [3.05, 3.63) is 48.4 Å². The highest BCUT2D eigenvalue weighted by atomic mass is 32.2. The molecule has 0 atom stereocenters. The summed E-state index contributed by atoms with van der Waals surface area (Å²) in [6.45, 7) is 0.323. The molecule has 6 nitrogen and oxygen atoms in total. The highest BCUT2D eigenvalue weighted by Gasteiger charge is 2.39. The van der Waals surface area contributed by atoms with Crippen LogP contribution in [0.25, 0.3) is 0 Å². The first-order chi connectivity index (χ1) is 10.1. The van der Waals surface area contributed by atoms with Crippen LogP contribution in [0, 0.1) is 0 Å². The van der Waals surface area contributed by atoms with Gasteiger partial charge in [-0.05, 0) is 42.7 Å². The van der Waals surface area contributed by atoms with Gasteiger partial charge in [-0.25, -0.2) is 13.4 Å². The van der Waals surface area contributed by atoms with Crippen LogP contribution < -0.4 is 5.73 Å². The molecular weight excluding hydrogens is 288 g/mol. The highest BCUT2D eigenvalue weighted by molar-refractivity contribution is 7.89. The van der Waals surface area contributed by atoms with Crippen LogP contribution in [0.5, 0.6) is 0 Å². The van der Waals surface area contributed by atoms with E-state index in [1.54, 1.807) is 18.5 Å². The predicted molar refractivity (Wildman–Crippen MR) is 78.6 cm³/mol. The zero-order valence-electron chi connectivity index (χ0n) is 11.4. The first kappa shape index (κ1) is 14.0. The molecule has 2 heterocycles. The Morgan fingerprint density at radius 3 is 2.52 bits per heavy atom. The second-order valence-corrected chi connectivity index (χ2v) is 6.88. The Kier molecular flexibility index (Phi) is 3.60. The lowest BCUT2D eigenvalue weighted by Crippen LogP contribution is -2.33. The normalized spacial score (nSPS) is 15.3. The van der Waals surface area contributed by atoms with Crippen molar-refractivity contribution in [1.29, 1.82) is 0 Å². The number of nitrogen functional groups attached to an aromatic ring is 1. The molecule has 3 rings (SSSR count). The van der Waals surface area contributed by atoms with Crippen LogP contribution in [0.15, 0.2) is 47.8 Å². The Labute approximate surface area is 123 Å². The van der Waals surface area contributed by atoms with Gasteiger partial charge in [-0.2, -0.15) is 4.31 Å². The number of aromatic nitrogens is 2. The standard InChI is InChI=1S/C14H16N4O2S/c15-14-13(2-1-7-17-14)21(19,20)18(12-3-4-12)10-11-5-8-16-9-6-11/h1-2,5-9,12H,3-4,10H2,(H2,15,17). The largest absolute Gasteiger partial charge is 0.383 e. The fraction of sp³-hybridized carbons (Fsp3) is 0.286. The van der Waals surface area contributed by atoms with Gasteiger partial charge in [-0.3, -0.25) is 4.98 Å². The first-order valence-electron chi connectivity index (χ1n) is 6.70. The molecule has 2 aromatic rings. The molecule has 0 aromatic carbocycles. The summed E-state index contributed by atoms with van der Waals surface area (Å²) < 4.78 is 27.2. The maximum absolute atomic E-state index is 12.8. The van der Waals surface area contributed by atoms with Gasteiger partial charge in [-0.15, -0.1) is 0 Å². The molecule has 0 saturated heterocycles. The van der Waals surface area contributed by atoms with Crippen LogP contribution in [-0.2, 0) is 16.6 Å². The lowest BCUT2D eigenvalue weighted by Gasteiger charge is -2.22. The van der Waals surface area contributed by atoms with Crippen LogP contribution >= 0.6 is 0 Å². The molecule has 1 fully saturated rings. The van der Waals surface area contributed by atoms with Crippen LogP contribution in [0.4, 0.5) is 5.82 Å². The average molecular weight is 304 g/mol. The van der Waals surface area contributed by atoms with Gasteiger partial charge in [0.1, 0.15) is 10.7 Å². The number of nitrogens with zero attached hydrogens (tertiary/aromatic N) is 3. The summed E-state index contributed by atoms with van der Waals surface area (Å²) >= 11 is 0. The maximum atomic E-state index is 12.8. The summed E-state index contributed by atoms with van der Waals surface area (Å²) in [7, 11) is -3.64. The van der Waals surface area contributed by atoms with Crippen LogP contribution in [0.3, 0.4) is 0 Å². The molecule has 2 aromatic heterocycles. The van der Waals surface area contributed by atoms with Crippen LogP contribution in [0.1, 0.15) is 18.4 Å². The minimum Gasteiger partial charge on any atom is -0.383 e. The van der Waals surface area contributed by atoms with Gasteiger partial charge in [0.05, 0.1) is 0 Å². The summed E-state index contributed by atoms with van der Waals surface area (Å²) in [5.41, 5.74) is 6.64. The molecule has 0 bridgehead atoms. The second kappa shape index (κ2) is 5.42. The molecule has 0 aliphatic heterocycles. The summed E-state index contributed by atoms with van der Waals surface area (Å²) in [6, 6.07) is 6.76. The van der Waals surface area contributed by atoms with Crippen molar-refractivity contribution in [1.82, 2.24) is 14.3 Å². The molecule has 0 radical (unpaired) electrons. The first-order valence-corrected chi connectivity index (χ1v) is 8.14. The van der Waals surface area contributed by atoms with E-state index >= 15 is 0 Å². The summed E-state index contributed by atoms with van der Waals surface area (Å²) in [6.07, 6.45) is 6.56. The summed E-state index contributed by atoms with van der Waals surface area (Å²) in [5.74, 6) is 0.0397. The number of sulfonamides is 1. The van der Waals surface area contributed by atoms with E-state index in [1.165, 1.54) is 16.6 Å². The van der Waals surface area contributed by atoms with Crippen molar-refractivity contribution < 1.29 is 8.42 Å². The van der Waals surface area contributed by atoms with Gasteiger partial charge < -0.3 is 5.73 Å². The number of hydrogen-bond donors (Lipinski definition) is 1. The van der Waals surface area contributed by atoms with Crippen molar-refractivity contribution in [3.8, 4) is 0 Å². The monoisotopic (exact) mass is 304 g/mol. The summed E-state index contributed by atoms with van der Waals surface area (Å²) in [4.78, 5) is 7.90. The predicted octanol–water partition coefficient (Wildman–Crippen LogP) is 1.41. The average Bonchev–Trinajstić information content (AvgIpc) is 3.30. The van der Waals surface area contributed by atoms with E-state index in [2.05, 4.69) is 9.97 Å². The molecule has 1 aliphatic rings. The van der Waals surface area contributed by atoms with E-state index in [0.717, 1.165) is 18.4 Å². The van der Waals surface area contributed by atoms with E-state index in [-0.39, 0.29) is 16.8 Å². The molecule has 0 spiro atoms. The van der Waals surface area contributed by atoms with Gasteiger partial charge in [0.25, 0.3) is 0 Å². The van der Waals surface area contributed by atoms with E-state index < -0.39 is 10.0 Å². The Hall–Kier alpha value is -1.99. The topological polar surface area (TPSA) is 89.2 Å². The van der Waals surface area contributed by atoms with Crippen molar-refractivity contribution in [2.45, 2.75) is 30.3 Å². The van der Waals surface area contributed by atoms with Crippen LogP contribution in [-0.4, -0.2) is 28.7 Å². The summed E-state index contributed by atoms with van der Waals surface area (Å²) in [5, 5.41) is 0. The Bertz CT molecular complexity index is 730. The van der Waals surface area contributed by atoms with Crippen LogP contribution in [0.2, 0.25) is 0 Å². The third-order valence-corrected chi connectivity index (χ3v) is 5.37. The highest BCUT2D eigenvalue weighted by Crippen LogP contribution is 2.34.